The number of nitrogens with zero attached hydrogens (tertiary/aromatic N) is 3. The van der Waals surface area contributed by atoms with E-state index < -0.39 is 0 Å². The van der Waals surface area contributed by atoms with Gasteiger partial charge >= 0.3 is 0 Å². The second kappa shape index (κ2) is 4.80. The van der Waals surface area contributed by atoms with Crippen LogP contribution in [-0.4, -0.2) is 37.6 Å². The van der Waals surface area contributed by atoms with Crippen LogP contribution in [0, 0.1) is 12.8 Å². The molecule has 2 aliphatic heterocycles. The van der Waals surface area contributed by atoms with Crippen LogP contribution < -0.4 is 9.64 Å². The maximum absolute atomic E-state index is 5.62. The molecule has 0 amide bonds. The average molecular weight is 297 g/mol. The zero-order valence-corrected chi connectivity index (χ0v) is 13.0. The van der Waals surface area contributed by atoms with Gasteiger partial charge in [-0.3, -0.25) is 4.57 Å². The topological polar surface area (TPSA) is 39.0 Å². The van der Waals surface area contributed by atoms with E-state index in [1.807, 2.05) is 0 Å². The van der Waals surface area contributed by atoms with Crippen molar-refractivity contribution in [1.29, 1.82) is 0 Å². The molecule has 1 unspecified atom stereocenters. The molecule has 5 nitrogen and oxygen atoms in total. The van der Waals surface area contributed by atoms with Gasteiger partial charge in [0.15, 0.2) is 5.88 Å². The second-order valence-corrected chi connectivity index (χ2v) is 5.94. The maximum atomic E-state index is 5.62. The summed E-state index contributed by atoms with van der Waals surface area (Å²) in [6, 6.07) is 10.5. The van der Waals surface area contributed by atoms with E-state index in [9.17, 15) is 0 Å². The summed E-state index contributed by atoms with van der Waals surface area (Å²) in [7, 11) is 3.81. The molecule has 114 valence electrons. The van der Waals surface area contributed by atoms with Crippen molar-refractivity contribution in [3.63, 3.8) is 0 Å². The normalized spacial score (nSPS) is 19.3. The van der Waals surface area contributed by atoms with Crippen LogP contribution in [0.15, 0.2) is 35.5 Å². The van der Waals surface area contributed by atoms with Gasteiger partial charge in [0.2, 0.25) is 0 Å². The van der Waals surface area contributed by atoms with E-state index in [4.69, 9.17) is 9.57 Å². The van der Waals surface area contributed by atoms with Gasteiger partial charge in [0.05, 0.1) is 24.4 Å². The maximum Gasteiger partial charge on any atom is 0.200 e. The highest BCUT2D eigenvalue weighted by atomic mass is 16.6. The highest BCUT2D eigenvalue weighted by Crippen LogP contribution is 2.39. The summed E-state index contributed by atoms with van der Waals surface area (Å²) >= 11 is 0. The number of aryl methyl sites for hydroxylation is 1. The molecule has 0 N–H and O–H groups in total. The van der Waals surface area contributed by atoms with Gasteiger partial charge in [-0.1, -0.05) is 22.9 Å². The number of rotatable bonds is 2. The van der Waals surface area contributed by atoms with E-state index in [-0.39, 0.29) is 0 Å². The Labute approximate surface area is 129 Å². The molecule has 0 bridgehead atoms. The number of ether oxygens (including phenoxy) is 1. The van der Waals surface area contributed by atoms with E-state index in [0.717, 1.165) is 35.2 Å². The van der Waals surface area contributed by atoms with Crippen LogP contribution in [0.4, 0.5) is 5.82 Å². The molecule has 22 heavy (non-hydrogen) atoms. The predicted octanol–water partition coefficient (Wildman–Crippen LogP) is 2.59. The third kappa shape index (κ3) is 1.81. The summed E-state index contributed by atoms with van der Waals surface area (Å²) in [5.74, 6) is 2.27. The van der Waals surface area contributed by atoms with Crippen molar-refractivity contribution in [1.82, 2.24) is 4.57 Å². The molecule has 0 spiro atoms. The fourth-order valence-electron chi connectivity index (χ4n) is 3.31. The van der Waals surface area contributed by atoms with E-state index >= 15 is 0 Å². The lowest BCUT2D eigenvalue weighted by atomic mass is 9.95. The first-order chi connectivity index (χ1) is 10.7. The number of anilines is 1. The Morgan fingerprint density at radius 3 is 2.77 bits per heavy atom. The third-order valence-electron chi connectivity index (χ3n) is 4.40. The number of fused-ring (bicyclic) bond motifs is 3. The standard InChI is InChI=1S/C17H19N3O2/c1-11-4-6-13(7-5-11)20-15(21-3)8-14-16-12(10-22-18-16)9-19(2)17(14)20/h4-8,12H,9-10H2,1-3H3. The molecule has 0 aliphatic carbocycles. The van der Waals surface area contributed by atoms with Crippen molar-refractivity contribution in [2.24, 2.45) is 11.1 Å². The van der Waals surface area contributed by atoms with E-state index in [2.05, 4.69) is 58.9 Å². The quantitative estimate of drug-likeness (QED) is 0.855. The molecule has 2 aromatic rings. The summed E-state index contributed by atoms with van der Waals surface area (Å²) in [5.41, 5.74) is 4.48. The van der Waals surface area contributed by atoms with Gasteiger partial charge in [-0.05, 0) is 19.1 Å². The Bertz CT molecular complexity index is 746. The zero-order chi connectivity index (χ0) is 15.3. The Morgan fingerprint density at radius 2 is 2.05 bits per heavy atom. The van der Waals surface area contributed by atoms with E-state index in [0.29, 0.717) is 12.5 Å². The van der Waals surface area contributed by atoms with Crippen LogP contribution in [0.3, 0.4) is 0 Å². The molecule has 0 saturated heterocycles. The summed E-state index contributed by atoms with van der Waals surface area (Å²) in [5, 5.41) is 4.25. The minimum atomic E-state index is 0.344. The third-order valence-corrected chi connectivity index (χ3v) is 4.40. The van der Waals surface area contributed by atoms with Crippen LogP contribution >= 0.6 is 0 Å². The molecule has 0 fully saturated rings. The smallest absolute Gasteiger partial charge is 0.200 e. The molecule has 5 heteroatoms. The van der Waals surface area contributed by atoms with Gasteiger partial charge in [-0.25, -0.2) is 0 Å². The van der Waals surface area contributed by atoms with Gasteiger partial charge in [0.1, 0.15) is 12.4 Å². The molecule has 4 rings (SSSR count). The second-order valence-electron chi connectivity index (χ2n) is 5.94. The predicted molar refractivity (Wildman–Crippen MR) is 86.3 cm³/mol. The Hall–Kier alpha value is -2.43. The van der Waals surface area contributed by atoms with Crippen molar-refractivity contribution < 1.29 is 9.57 Å². The largest absolute Gasteiger partial charge is 0.482 e. The van der Waals surface area contributed by atoms with Crippen LogP contribution in [0.5, 0.6) is 5.88 Å². The Morgan fingerprint density at radius 1 is 1.27 bits per heavy atom. The molecule has 3 heterocycles. The number of aromatic nitrogens is 1. The van der Waals surface area contributed by atoms with Gasteiger partial charge in [0.25, 0.3) is 0 Å². The summed E-state index contributed by atoms with van der Waals surface area (Å²) in [4.78, 5) is 7.57. The van der Waals surface area contributed by atoms with Crippen LogP contribution in [0.2, 0.25) is 0 Å². The summed E-state index contributed by atoms with van der Waals surface area (Å²) in [6.45, 7) is 3.66. The lowest BCUT2D eigenvalue weighted by molar-refractivity contribution is 0.156. The molecule has 2 aliphatic rings. The Balaban J connectivity index is 1.94. The fraction of sp³-hybridized carbons (Fsp3) is 0.353. The number of hydrogen-bond acceptors (Lipinski definition) is 4. The van der Waals surface area contributed by atoms with Gasteiger partial charge < -0.3 is 14.5 Å². The number of oxime groups is 1. The van der Waals surface area contributed by atoms with Crippen molar-refractivity contribution in [2.75, 3.05) is 32.2 Å². The molecular weight excluding hydrogens is 278 g/mol. The van der Waals surface area contributed by atoms with Crippen LogP contribution in [-0.2, 0) is 4.84 Å². The van der Waals surface area contributed by atoms with Gasteiger partial charge in [-0.2, -0.15) is 0 Å². The number of methoxy groups -OCH3 is 1. The Kier molecular flexibility index (Phi) is 2.89. The molecule has 1 aromatic heterocycles. The highest BCUT2D eigenvalue weighted by Gasteiger charge is 2.37. The van der Waals surface area contributed by atoms with E-state index in [1.165, 1.54) is 5.56 Å². The highest BCUT2D eigenvalue weighted by molar-refractivity contribution is 6.09. The van der Waals surface area contributed by atoms with E-state index in [1.54, 1.807) is 7.11 Å². The van der Waals surface area contributed by atoms with Crippen molar-refractivity contribution in [2.45, 2.75) is 6.92 Å². The molecular formula is C17H19N3O2. The van der Waals surface area contributed by atoms with Gasteiger partial charge in [0, 0.05) is 25.2 Å². The minimum Gasteiger partial charge on any atom is -0.482 e. The van der Waals surface area contributed by atoms with Crippen molar-refractivity contribution >= 4 is 11.5 Å². The zero-order valence-electron chi connectivity index (χ0n) is 13.0. The summed E-state index contributed by atoms with van der Waals surface area (Å²) in [6.07, 6.45) is 0. The minimum absolute atomic E-state index is 0.344. The van der Waals surface area contributed by atoms with Gasteiger partial charge in [-0.15, -0.1) is 0 Å². The molecule has 0 saturated carbocycles. The monoisotopic (exact) mass is 297 g/mol. The summed E-state index contributed by atoms with van der Waals surface area (Å²) < 4.78 is 7.76. The number of benzene rings is 1. The van der Waals surface area contributed by atoms with Crippen LogP contribution in [0.1, 0.15) is 11.1 Å². The lowest BCUT2D eigenvalue weighted by Gasteiger charge is -2.30. The molecule has 0 radical (unpaired) electrons. The first-order valence-electron chi connectivity index (χ1n) is 7.47. The number of hydrogen-bond donors (Lipinski definition) is 0. The van der Waals surface area contributed by atoms with Crippen molar-refractivity contribution in [3.05, 3.63) is 41.5 Å². The van der Waals surface area contributed by atoms with Crippen LogP contribution in [0.25, 0.3) is 5.69 Å². The first-order valence-corrected chi connectivity index (χ1v) is 7.47. The first kappa shape index (κ1) is 13.2. The SMILES string of the molecule is COc1cc2c(n1-c1ccc(C)cc1)N(C)CC1CON=C21. The lowest BCUT2D eigenvalue weighted by Crippen LogP contribution is -2.37. The molecule has 1 aromatic carbocycles. The average Bonchev–Trinajstić information content (AvgIpc) is 3.11. The van der Waals surface area contributed by atoms with Crippen molar-refractivity contribution in [3.8, 4) is 11.6 Å². The molecule has 1 atom stereocenters. The fourth-order valence-corrected chi connectivity index (χ4v) is 3.31.